The van der Waals surface area contributed by atoms with Gasteiger partial charge in [-0.2, -0.15) is 0 Å². The topological polar surface area (TPSA) is 51.2 Å². The highest BCUT2D eigenvalue weighted by atomic mass is 79.9. The van der Waals surface area contributed by atoms with Crippen LogP contribution in [-0.4, -0.2) is 17.5 Å². The third-order valence-corrected chi connectivity index (χ3v) is 5.78. The number of nitrogens with one attached hydrogen (secondary N) is 1. The number of amides is 1. The van der Waals surface area contributed by atoms with Crippen molar-refractivity contribution in [2.75, 3.05) is 11.9 Å². The number of nitrogens with zero attached hydrogens (tertiary/aromatic N) is 1. The first-order valence-corrected chi connectivity index (χ1v) is 11.1. The number of halogens is 2. The number of aromatic nitrogens is 1. The van der Waals surface area contributed by atoms with Crippen molar-refractivity contribution < 1.29 is 9.53 Å². The summed E-state index contributed by atoms with van der Waals surface area (Å²) in [5.41, 5.74) is 2.78. The fourth-order valence-corrected chi connectivity index (χ4v) is 3.96. The van der Waals surface area contributed by atoms with Crippen LogP contribution >= 0.6 is 43.2 Å². The largest absolute Gasteiger partial charge is 0.483 e. The Labute approximate surface area is 185 Å². The molecule has 3 rings (SSSR count). The molecule has 1 heterocycles. The van der Waals surface area contributed by atoms with Gasteiger partial charge in [0.25, 0.3) is 5.91 Å². The maximum Gasteiger partial charge on any atom is 0.264 e. The van der Waals surface area contributed by atoms with E-state index in [-0.39, 0.29) is 17.9 Å². The molecule has 7 heteroatoms. The second-order valence-corrected chi connectivity index (χ2v) is 9.96. The van der Waals surface area contributed by atoms with Crippen molar-refractivity contribution in [3.63, 3.8) is 0 Å². The third-order valence-electron chi connectivity index (χ3n) is 4.00. The van der Waals surface area contributed by atoms with E-state index < -0.39 is 0 Å². The van der Waals surface area contributed by atoms with Crippen LogP contribution in [0.3, 0.4) is 0 Å². The highest BCUT2D eigenvalue weighted by Crippen LogP contribution is 2.33. The van der Waals surface area contributed by atoms with Crippen molar-refractivity contribution in [3.05, 3.63) is 62.4 Å². The second kappa shape index (κ2) is 8.76. The summed E-state index contributed by atoms with van der Waals surface area (Å²) in [7, 11) is 0. The van der Waals surface area contributed by atoms with Gasteiger partial charge in [0, 0.05) is 25.5 Å². The summed E-state index contributed by atoms with van der Waals surface area (Å²) >= 11 is 8.31. The second-order valence-electron chi connectivity index (χ2n) is 7.27. The Hall–Kier alpha value is -1.70. The van der Waals surface area contributed by atoms with Crippen LogP contribution in [-0.2, 0) is 10.2 Å². The van der Waals surface area contributed by atoms with Crippen LogP contribution in [0, 0.1) is 0 Å². The number of benzene rings is 2. The lowest BCUT2D eigenvalue weighted by Crippen LogP contribution is -2.22. The lowest BCUT2D eigenvalue weighted by Gasteiger charge is -2.23. The van der Waals surface area contributed by atoms with Gasteiger partial charge in [-0.3, -0.25) is 10.1 Å². The summed E-state index contributed by atoms with van der Waals surface area (Å²) in [6.45, 7) is 6.26. The molecule has 0 aliphatic carbocycles. The van der Waals surface area contributed by atoms with E-state index in [0.717, 1.165) is 25.8 Å². The van der Waals surface area contributed by atoms with Gasteiger partial charge in [0.2, 0.25) is 0 Å². The van der Waals surface area contributed by atoms with Gasteiger partial charge in [-0.15, -0.1) is 11.3 Å². The van der Waals surface area contributed by atoms with E-state index in [4.69, 9.17) is 4.74 Å². The Kier molecular flexibility index (Phi) is 6.58. The Balaban J connectivity index is 1.64. The van der Waals surface area contributed by atoms with Gasteiger partial charge >= 0.3 is 0 Å². The minimum atomic E-state index is -0.237. The first kappa shape index (κ1) is 21.0. The predicted octanol–water partition coefficient (Wildman–Crippen LogP) is 6.65. The van der Waals surface area contributed by atoms with Gasteiger partial charge in [0.1, 0.15) is 5.75 Å². The third kappa shape index (κ3) is 5.43. The molecule has 0 unspecified atom stereocenters. The number of carbonyl (C=O) groups excluding carboxylic acids is 1. The zero-order valence-corrected chi connectivity index (χ0v) is 19.7. The molecule has 1 N–H and O–H groups in total. The summed E-state index contributed by atoms with van der Waals surface area (Å²) < 4.78 is 7.79. The van der Waals surface area contributed by atoms with Crippen LogP contribution in [0.25, 0.3) is 11.3 Å². The van der Waals surface area contributed by atoms with Crippen molar-refractivity contribution >= 4 is 54.2 Å². The van der Waals surface area contributed by atoms with Crippen molar-refractivity contribution in [2.45, 2.75) is 26.2 Å². The van der Waals surface area contributed by atoms with Crippen LogP contribution in [0.2, 0.25) is 0 Å². The fourth-order valence-electron chi connectivity index (χ4n) is 2.60. The molecule has 28 heavy (non-hydrogen) atoms. The summed E-state index contributed by atoms with van der Waals surface area (Å²) in [6.07, 6.45) is 0. The van der Waals surface area contributed by atoms with Crippen molar-refractivity contribution in [1.82, 2.24) is 4.98 Å². The van der Waals surface area contributed by atoms with Gasteiger partial charge in [0.05, 0.1) is 5.69 Å². The number of anilines is 1. The van der Waals surface area contributed by atoms with Gasteiger partial charge in [0.15, 0.2) is 11.7 Å². The molecule has 2 aromatic carbocycles. The van der Waals surface area contributed by atoms with Crippen LogP contribution in [0.15, 0.2) is 56.8 Å². The average Bonchev–Trinajstić information content (AvgIpc) is 3.09. The molecule has 0 fully saturated rings. The Morgan fingerprint density at radius 2 is 1.79 bits per heavy atom. The van der Waals surface area contributed by atoms with E-state index in [1.807, 2.05) is 47.8 Å². The minimum absolute atomic E-state index is 0.0715. The molecular weight excluding hydrogens is 504 g/mol. The molecule has 0 saturated carbocycles. The van der Waals surface area contributed by atoms with E-state index >= 15 is 0 Å². The molecule has 0 aliphatic heterocycles. The summed E-state index contributed by atoms with van der Waals surface area (Å²) in [6, 6.07) is 13.7. The smallest absolute Gasteiger partial charge is 0.264 e. The highest BCUT2D eigenvalue weighted by molar-refractivity contribution is 9.10. The van der Waals surface area contributed by atoms with Crippen LogP contribution < -0.4 is 10.1 Å². The number of rotatable bonds is 5. The number of ether oxygens (including phenoxy) is 1. The van der Waals surface area contributed by atoms with Crippen molar-refractivity contribution in [2.24, 2.45) is 0 Å². The van der Waals surface area contributed by atoms with Crippen molar-refractivity contribution in [1.29, 1.82) is 0 Å². The van der Waals surface area contributed by atoms with E-state index in [1.165, 1.54) is 11.3 Å². The summed E-state index contributed by atoms with van der Waals surface area (Å²) in [5.74, 6) is 0.472. The number of carbonyl (C=O) groups is 1. The predicted molar refractivity (Wildman–Crippen MR) is 122 cm³/mol. The van der Waals surface area contributed by atoms with E-state index in [9.17, 15) is 4.79 Å². The summed E-state index contributed by atoms with van der Waals surface area (Å²) in [5, 5.41) is 5.29. The SMILES string of the molecule is CC(C)(C)c1cc(Br)ccc1OCC(=O)Nc1nc(-c2ccc(Br)cc2)cs1. The molecule has 0 radical (unpaired) electrons. The van der Waals surface area contributed by atoms with Gasteiger partial charge in [-0.25, -0.2) is 4.98 Å². The van der Waals surface area contributed by atoms with Gasteiger partial charge < -0.3 is 4.74 Å². The number of hydrogen-bond acceptors (Lipinski definition) is 4. The first-order chi connectivity index (χ1) is 13.2. The van der Waals surface area contributed by atoms with Crippen LogP contribution in [0.4, 0.5) is 5.13 Å². The standard InChI is InChI=1S/C21H20Br2N2O2S/c1-21(2,3)16-10-15(23)8-9-18(16)27-11-19(26)25-20-24-17(12-28-20)13-4-6-14(22)7-5-13/h4-10,12H,11H2,1-3H3,(H,24,25,26). The number of thiazole rings is 1. The Morgan fingerprint density at radius 3 is 2.46 bits per heavy atom. The monoisotopic (exact) mass is 522 g/mol. The molecule has 146 valence electrons. The maximum absolute atomic E-state index is 12.3. The summed E-state index contributed by atoms with van der Waals surface area (Å²) in [4.78, 5) is 16.8. The Morgan fingerprint density at radius 1 is 1.11 bits per heavy atom. The molecule has 4 nitrogen and oxygen atoms in total. The molecule has 0 saturated heterocycles. The first-order valence-electron chi connectivity index (χ1n) is 8.66. The molecule has 0 spiro atoms. The van der Waals surface area contributed by atoms with E-state index in [0.29, 0.717) is 10.9 Å². The fraction of sp³-hybridized carbons (Fsp3) is 0.238. The molecule has 0 bridgehead atoms. The lowest BCUT2D eigenvalue weighted by molar-refractivity contribution is -0.118. The maximum atomic E-state index is 12.3. The molecule has 1 aromatic heterocycles. The molecule has 3 aromatic rings. The Bertz CT molecular complexity index is 979. The zero-order valence-electron chi connectivity index (χ0n) is 15.8. The van der Waals surface area contributed by atoms with Crippen LogP contribution in [0.5, 0.6) is 5.75 Å². The molecule has 1 amide bonds. The minimum Gasteiger partial charge on any atom is -0.483 e. The number of hydrogen-bond donors (Lipinski definition) is 1. The molecule has 0 aliphatic rings. The molecule has 0 atom stereocenters. The molecular formula is C21H20Br2N2O2S. The van der Waals surface area contributed by atoms with Gasteiger partial charge in [-0.05, 0) is 35.7 Å². The quantitative estimate of drug-likeness (QED) is 0.407. The zero-order chi connectivity index (χ0) is 20.3. The lowest BCUT2D eigenvalue weighted by atomic mass is 9.86. The van der Waals surface area contributed by atoms with Crippen molar-refractivity contribution in [3.8, 4) is 17.0 Å². The normalized spacial score (nSPS) is 11.3. The van der Waals surface area contributed by atoms with E-state index in [2.05, 4.69) is 62.9 Å². The van der Waals surface area contributed by atoms with E-state index in [1.54, 1.807) is 0 Å². The average molecular weight is 524 g/mol. The highest BCUT2D eigenvalue weighted by Gasteiger charge is 2.20. The van der Waals surface area contributed by atoms with Gasteiger partial charge in [-0.1, -0.05) is 64.8 Å². The van der Waals surface area contributed by atoms with Crippen LogP contribution in [0.1, 0.15) is 26.3 Å².